The molecule has 0 fully saturated rings. The molecule has 0 radical (unpaired) electrons. The molecule has 0 aliphatic rings. The minimum atomic E-state index is -0.258. The predicted molar refractivity (Wildman–Crippen MR) is 68.1 cm³/mol. The Morgan fingerprint density at radius 1 is 1.53 bits per heavy atom. The number of carbonyl (C=O) groups excluding carboxylic acids is 1. The van der Waals surface area contributed by atoms with Crippen molar-refractivity contribution in [2.45, 2.75) is 13.5 Å². The van der Waals surface area contributed by atoms with Crippen molar-refractivity contribution in [3.8, 4) is 6.07 Å². The molecule has 2 aromatic rings. The molecule has 6 heteroatoms. The molecule has 0 bridgehead atoms. The normalized spacial score (nSPS) is 9.95. The van der Waals surface area contributed by atoms with Crippen molar-refractivity contribution in [3.63, 3.8) is 0 Å². The second kappa shape index (κ2) is 5.31. The van der Waals surface area contributed by atoms with Crippen LogP contribution in [0.25, 0.3) is 0 Å². The van der Waals surface area contributed by atoms with Crippen LogP contribution in [0.4, 0.5) is 0 Å². The van der Waals surface area contributed by atoms with Gasteiger partial charge in [-0.3, -0.25) is 9.89 Å². The molecule has 1 aromatic carbocycles. The van der Waals surface area contributed by atoms with Gasteiger partial charge >= 0.3 is 0 Å². The van der Waals surface area contributed by atoms with E-state index >= 15 is 0 Å². The molecule has 1 N–H and O–H groups in total. The summed E-state index contributed by atoms with van der Waals surface area (Å²) in [7, 11) is 1.67. The average Bonchev–Trinajstić information content (AvgIpc) is 2.84. The topological polar surface area (TPSA) is 85.7 Å². The van der Waals surface area contributed by atoms with Gasteiger partial charge in [-0.25, -0.2) is 4.98 Å². The monoisotopic (exact) mass is 255 g/mol. The highest BCUT2D eigenvalue weighted by Crippen LogP contribution is 2.08. The van der Waals surface area contributed by atoms with E-state index < -0.39 is 0 Å². The lowest BCUT2D eigenvalue weighted by molar-refractivity contribution is 0.0773. The summed E-state index contributed by atoms with van der Waals surface area (Å²) in [5.41, 5.74) is 1.47. The Bertz CT molecular complexity index is 640. The van der Waals surface area contributed by atoms with Gasteiger partial charge < -0.3 is 4.90 Å². The van der Waals surface area contributed by atoms with Crippen LogP contribution in [0, 0.1) is 18.3 Å². The maximum Gasteiger partial charge on any atom is 0.293 e. The van der Waals surface area contributed by atoms with E-state index in [9.17, 15) is 4.79 Å². The molecule has 0 saturated carbocycles. The van der Waals surface area contributed by atoms with E-state index in [0.29, 0.717) is 17.9 Å². The SMILES string of the molecule is Cc1nc(C(=O)N(C)Cc2cccc(C#N)c2)n[nH]1. The maximum atomic E-state index is 12.0. The van der Waals surface area contributed by atoms with Crippen molar-refractivity contribution in [1.82, 2.24) is 20.1 Å². The first-order chi connectivity index (χ1) is 9.10. The van der Waals surface area contributed by atoms with Crippen LogP contribution < -0.4 is 0 Å². The minimum Gasteiger partial charge on any atom is -0.335 e. The summed E-state index contributed by atoms with van der Waals surface area (Å²) in [5, 5.41) is 15.3. The van der Waals surface area contributed by atoms with Gasteiger partial charge in [-0.15, -0.1) is 5.10 Å². The molecule has 19 heavy (non-hydrogen) atoms. The third-order valence-corrected chi connectivity index (χ3v) is 2.61. The molecule has 6 nitrogen and oxygen atoms in total. The predicted octanol–water partition coefficient (Wildman–Crippen LogP) is 1.26. The Labute approximate surface area is 110 Å². The molecule has 0 atom stereocenters. The van der Waals surface area contributed by atoms with Gasteiger partial charge in [0.15, 0.2) is 0 Å². The lowest BCUT2D eigenvalue weighted by Gasteiger charge is -2.15. The molecule has 0 unspecified atom stereocenters. The number of carbonyl (C=O) groups is 1. The minimum absolute atomic E-state index is 0.149. The molecule has 1 aromatic heterocycles. The molecular formula is C13H13N5O. The summed E-state index contributed by atoms with van der Waals surface area (Å²) in [4.78, 5) is 17.5. The van der Waals surface area contributed by atoms with Gasteiger partial charge in [-0.2, -0.15) is 5.26 Å². The number of hydrogen-bond donors (Lipinski definition) is 1. The van der Waals surface area contributed by atoms with Gasteiger partial charge in [0, 0.05) is 13.6 Å². The summed E-state index contributed by atoms with van der Waals surface area (Å²) < 4.78 is 0. The first kappa shape index (κ1) is 12.8. The molecular weight excluding hydrogens is 242 g/mol. The maximum absolute atomic E-state index is 12.0. The van der Waals surface area contributed by atoms with Crippen molar-refractivity contribution < 1.29 is 4.79 Å². The molecule has 96 valence electrons. The summed E-state index contributed by atoms with van der Waals surface area (Å²) in [5.74, 6) is 0.492. The first-order valence-corrected chi connectivity index (χ1v) is 5.73. The van der Waals surface area contributed by atoms with E-state index in [1.807, 2.05) is 6.07 Å². The van der Waals surface area contributed by atoms with Gasteiger partial charge in [0.05, 0.1) is 11.6 Å². The second-order valence-electron chi connectivity index (χ2n) is 4.22. The number of nitrogens with one attached hydrogen (secondary N) is 1. The third-order valence-electron chi connectivity index (χ3n) is 2.61. The Balaban J connectivity index is 2.10. The third kappa shape index (κ3) is 2.96. The fourth-order valence-electron chi connectivity index (χ4n) is 1.69. The number of aromatic nitrogens is 3. The Kier molecular flexibility index (Phi) is 3.57. The summed E-state index contributed by atoms with van der Waals surface area (Å²) >= 11 is 0. The van der Waals surface area contributed by atoms with Crippen LogP contribution in [-0.4, -0.2) is 33.0 Å². The van der Waals surface area contributed by atoms with Crippen molar-refractivity contribution >= 4 is 5.91 Å². The van der Waals surface area contributed by atoms with E-state index in [2.05, 4.69) is 21.3 Å². The van der Waals surface area contributed by atoms with Crippen molar-refractivity contribution in [1.29, 1.82) is 5.26 Å². The molecule has 1 amide bonds. The Morgan fingerprint density at radius 3 is 2.95 bits per heavy atom. The van der Waals surface area contributed by atoms with E-state index in [0.717, 1.165) is 5.56 Å². The average molecular weight is 255 g/mol. The van der Waals surface area contributed by atoms with Crippen LogP contribution in [-0.2, 0) is 6.54 Å². The van der Waals surface area contributed by atoms with E-state index in [1.165, 1.54) is 4.90 Å². The smallest absolute Gasteiger partial charge is 0.293 e. The van der Waals surface area contributed by atoms with Crippen molar-refractivity contribution in [3.05, 3.63) is 47.0 Å². The number of nitriles is 1. The highest BCUT2D eigenvalue weighted by atomic mass is 16.2. The van der Waals surface area contributed by atoms with Crippen LogP contribution in [0.5, 0.6) is 0 Å². The number of aryl methyl sites for hydroxylation is 1. The van der Waals surface area contributed by atoms with Gasteiger partial charge in [0.2, 0.25) is 5.82 Å². The fraction of sp³-hybridized carbons (Fsp3) is 0.231. The lowest BCUT2D eigenvalue weighted by Crippen LogP contribution is -2.27. The largest absolute Gasteiger partial charge is 0.335 e. The summed E-state index contributed by atoms with van der Waals surface area (Å²) in [6.45, 7) is 2.14. The van der Waals surface area contributed by atoms with Crippen LogP contribution in [0.15, 0.2) is 24.3 Å². The van der Waals surface area contributed by atoms with Gasteiger partial charge in [-0.1, -0.05) is 12.1 Å². The molecule has 0 saturated heterocycles. The Morgan fingerprint density at radius 2 is 2.32 bits per heavy atom. The number of aromatic amines is 1. The Hall–Kier alpha value is -2.68. The number of hydrogen-bond acceptors (Lipinski definition) is 4. The second-order valence-corrected chi connectivity index (χ2v) is 4.22. The first-order valence-electron chi connectivity index (χ1n) is 5.73. The van der Waals surface area contributed by atoms with Crippen molar-refractivity contribution in [2.75, 3.05) is 7.05 Å². The van der Waals surface area contributed by atoms with Gasteiger partial charge in [-0.05, 0) is 24.6 Å². The van der Waals surface area contributed by atoms with E-state index in [1.54, 1.807) is 32.2 Å². The molecule has 1 heterocycles. The van der Waals surface area contributed by atoms with Crippen LogP contribution >= 0.6 is 0 Å². The fourth-order valence-corrected chi connectivity index (χ4v) is 1.69. The van der Waals surface area contributed by atoms with E-state index in [-0.39, 0.29) is 11.7 Å². The number of amides is 1. The zero-order chi connectivity index (χ0) is 13.8. The zero-order valence-corrected chi connectivity index (χ0v) is 10.7. The number of benzene rings is 1. The lowest BCUT2D eigenvalue weighted by atomic mass is 10.1. The molecule has 0 spiro atoms. The quantitative estimate of drug-likeness (QED) is 0.894. The zero-order valence-electron chi connectivity index (χ0n) is 10.7. The molecule has 2 rings (SSSR count). The molecule has 0 aliphatic heterocycles. The van der Waals surface area contributed by atoms with Gasteiger partial charge in [0.1, 0.15) is 5.82 Å². The highest BCUT2D eigenvalue weighted by molar-refractivity contribution is 5.90. The summed E-state index contributed by atoms with van der Waals surface area (Å²) in [6, 6.07) is 9.22. The number of rotatable bonds is 3. The van der Waals surface area contributed by atoms with Crippen LogP contribution in [0.2, 0.25) is 0 Å². The summed E-state index contributed by atoms with van der Waals surface area (Å²) in [6.07, 6.45) is 0. The molecule has 0 aliphatic carbocycles. The number of H-pyrrole nitrogens is 1. The van der Waals surface area contributed by atoms with Crippen molar-refractivity contribution in [2.24, 2.45) is 0 Å². The standard InChI is InChI=1S/C13H13N5O/c1-9-15-12(17-16-9)13(19)18(2)8-11-5-3-4-10(6-11)7-14/h3-6H,8H2,1-2H3,(H,15,16,17). The van der Waals surface area contributed by atoms with Crippen LogP contribution in [0.1, 0.15) is 27.6 Å². The van der Waals surface area contributed by atoms with Gasteiger partial charge in [0.25, 0.3) is 5.91 Å². The van der Waals surface area contributed by atoms with Crippen LogP contribution in [0.3, 0.4) is 0 Å². The highest BCUT2D eigenvalue weighted by Gasteiger charge is 2.16. The number of nitrogens with zero attached hydrogens (tertiary/aromatic N) is 4. The van der Waals surface area contributed by atoms with E-state index in [4.69, 9.17) is 5.26 Å².